The molecule has 1 aliphatic rings. The van der Waals surface area contributed by atoms with Gasteiger partial charge in [0.1, 0.15) is 0 Å². The molecule has 154 valence electrons. The summed E-state index contributed by atoms with van der Waals surface area (Å²) < 4.78 is 0. The topological polar surface area (TPSA) is 86.4 Å². The summed E-state index contributed by atoms with van der Waals surface area (Å²) in [6.45, 7) is 8.01. The van der Waals surface area contributed by atoms with E-state index in [0.29, 0.717) is 17.8 Å². The van der Waals surface area contributed by atoms with Crippen LogP contribution in [0.5, 0.6) is 0 Å². The second-order valence-corrected chi connectivity index (χ2v) is 8.30. The van der Waals surface area contributed by atoms with Crippen molar-refractivity contribution < 1.29 is 9.59 Å². The minimum absolute atomic E-state index is 0.171. The highest BCUT2D eigenvalue weighted by atomic mass is 16.2. The maximum absolute atomic E-state index is 13.0. The van der Waals surface area contributed by atoms with Crippen molar-refractivity contribution in [1.29, 1.82) is 0 Å². The van der Waals surface area contributed by atoms with E-state index < -0.39 is 0 Å². The van der Waals surface area contributed by atoms with Gasteiger partial charge in [-0.05, 0) is 63.4 Å². The lowest BCUT2D eigenvalue weighted by atomic mass is 10.1. The first kappa shape index (κ1) is 20.6. The van der Waals surface area contributed by atoms with Crippen LogP contribution in [0.2, 0.25) is 0 Å². The van der Waals surface area contributed by atoms with Gasteiger partial charge in [0, 0.05) is 48.9 Å². The summed E-state index contributed by atoms with van der Waals surface area (Å²) in [7, 11) is 0. The molecule has 0 bridgehead atoms. The molecule has 3 amide bonds. The molecule has 0 aliphatic carbocycles. The molecule has 7 heteroatoms. The van der Waals surface area contributed by atoms with Gasteiger partial charge in [0.05, 0.1) is 5.56 Å². The van der Waals surface area contributed by atoms with E-state index in [0.717, 1.165) is 37.2 Å². The first-order valence-electron chi connectivity index (χ1n) is 9.97. The minimum atomic E-state index is -0.344. The van der Waals surface area contributed by atoms with Crippen molar-refractivity contribution in [3.8, 4) is 0 Å². The highest BCUT2D eigenvalue weighted by Gasteiger charge is 2.21. The third-order valence-corrected chi connectivity index (χ3v) is 4.61. The van der Waals surface area contributed by atoms with Gasteiger partial charge in [-0.1, -0.05) is 6.07 Å². The molecule has 1 saturated heterocycles. The van der Waals surface area contributed by atoms with E-state index in [-0.39, 0.29) is 17.5 Å². The third kappa shape index (κ3) is 5.94. The quantitative estimate of drug-likeness (QED) is 0.723. The van der Waals surface area contributed by atoms with E-state index in [1.807, 2.05) is 45.0 Å². The monoisotopic (exact) mass is 395 g/mol. The molecule has 0 atom stereocenters. The Hall–Kier alpha value is -3.09. The fourth-order valence-electron chi connectivity index (χ4n) is 3.31. The smallest absolute Gasteiger partial charge is 0.319 e. The Morgan fingerprint density at radius 2 is 1.90 bits per heavy atom. The molecule has 2 aromatic rings. The van der Waals surface area contributed by atoms with Gasteiger partial charge in [-0.25, -0.2) is 4.79 Å². The van der Waals surface area contributed by atoms with E-state index >= 15 is 0 Å². The van der Waals surface area contributed by atoms with Gasteiger partial charge < -0.3 is 20.9 Å². The number of carbonyl (C=O) groups is 2. The zero-order chi connectivity index (χ0) is 20.9. The zero-order valence-electron chi connectivity index (χ0n) is 17.3. The molecule has 7 nitrogen and oxygen atoms in total. The minimum Gasteiger partial charge on any atom is -0.371 e. The van der Waals surface area contributed by atoms with Crippen LogP contribution in [0, 0.1) is 0 Å². The van der Waals surface area contributed by atoms with Crippen LogP contribution in [-0.2, 0) is 6.54 Å². The van der Waals surface area contributed by atoms with Crippen LogP contribution in [0.3, 0.4) is 0 Å². The van der Waals surface area contributed by atoms with Crippen molar-refractivity contribution in [2.24, 2.45) is 0 Å². The van der Waals surface area contributed by atoms with Crippen LogP contribution in [0.15, 0.2) is 42.7 Å². The number of amides is 3. The highest BCUT2D eigenvalue weighted by Crippen LogP contribution is 2.27. The van der Waals surface area contributed by atoms with Crippen LogP contribution < -0.4 is 20.9 Å². The number of nitrogens with zero attached hydrogens (tertiary/aromatic N) is 2. The molecule has 3 N–H and O–H groups in total. The van der Waals surface area contributed by atoms with Crippen molar-refractivity contribution in [3.05, 3.63) is 53.9 Å². The largest absolute Gasteiger partial charge is 0.371 e. The molecule has 1 aromatic carbocycles. The number of carbonyl (C=O) groups excluding carboxylic acids is 2. The summed E-state index contributed by atoms with van der Waals surface area (Å²) in [4.78, 5) is 31.5. The number of pyridine rings is 1. The average molecular weight is 396 g/mol. The Balaban J connectivity index is 1.79. The fourth-order valence-corrected chi connectivity index (χ4v) is 3.31. The summed E-state index contributed by atoms with van der Waals surface area (Å²) >= 11 is 0. The summed E-state index contributed by atoms with van der Waals surface area (Å²) in [6, 6.07) is 8.96. The van der Waals surface area contributed by atoms with Gasteiger partial charge >= 0.3 is 6.03 Å². The van der Waals surface area contributed by atoms with E-state index in [2.05, 4.69) is 25.8 Å². The molecule has 1 aliphatic heterocycles. The number of aromatic nitrogens is 1. The maximum atomic E-state index is 13.0. The van der Waals surface area contributed by atoms with Crippen LogP contribution >= 0.6 is 0 Å². The zero-order valence-corrected chi connectivity index (χ0v) is 17.3. The van der Waals surface area contributed by atoms with E-state index in [4.69, 9.17) is 0 Å². The van der Waals surface area contributed by atoms with Gasteiger partial charge in [0.2, 0.25) is 0 Å². The van der Waals surface area contributed by atoms with E-state index in [1.54, 1.807) is 18.5 Å². The average Bonchev–Trinajstić information content (AvgIpc) is 3.20. The highest BCUT2D eigenvalue weighted by molar-refractivity contribution is 6.02. The van der Waals surface area contributed by atoms with Gasteiger partial charge in [-0.2, -0.15) is 0 Å². The second-order valence-electron chi connectivity index (χ2n) is 8.30. The normalized spacial score (nSPS) is 13.8. The van der Waals surface area contributed by atoms with Crippen LogP contribution in [0.25, 0.3) is 0 Å². The first-order chi connectivity index (χ1) is 13.8. The van der Waals surface area contributed by atoms with Crippen LogP contribution in [-0.4, -0.2) is 35.6 Å². The van der Waals surface area contributed by atoms with Crippen LogP contribution in [0.1, 0.15) is 49.5 Å². The molecule has 2 heterocycles. The Kier molecular flexibility index (Phi) is 6.36. The summed E-state index contributed by atoms with van der Waals surface area (Å²) in [5.41, 5.74) is 2.63. The molecule has 1 fully saturated rings. The Morgan fingerprint density at radius 1 is 1.14 bits per heavy atom. The van der Waals surface area contributed by atoms with E-state index in [1.165, 1.54) is 0 Å². The number of hydrogen-bond acceptors (Lipinski definition) is 4. The van der Waals surface area contributed by atoms with Crippen molar-refractivity contribution in [1.82, 2.24) is 15.6 Å². The molecule has 0 saturated carbocycles. The lowest BCUT2D eigenvalue weighted by Gasteiger charge is -2.23. The van der Waals surface area contributed by atoms with E-state index in [9.17, 15) is 9.59 Å². The number of rotatable bonds is 5. The number of nitrogens with one attached hydrogen (secondary N) is 3. The summed E-state index contributed by atoms with van der Waals surface area (Å²) in [5.74, 6) is -0.171. The Bertz CT molecular complexity index is 855. The maximum Gasteiger partial charge on any atom is 0.319 e. The standard InChI is InChI=1S/C22H29N5O2/c1-22(2,3)26-21(29)25-17-8-9-19(27-11-4-5-12-27)18(13-17)20(28)24-15-16-7-6-10-23-14-16/h6-10,13-14H,4-5,11-12,15H2,1-3H3,(H,24,28)(H2,25,26,29). The molecule has 0 unspecified atom stereocenters. The molecule has 0 spiro atoms. The van der Waals surface area contributed by atoms with Crippen molar-refractivity contribution in [2.75, 3.05) is 23.3 Å². The van der Waals surface area contributed by atoms with Crippen molar-refractivity contribution in [2.45, 2.75) is 45.7 Å². The van der Waals surface area contributed by atoms with Gasteiger partial charge in [0.15, 0.2) is 0 Å². The van der Waals surface area contributed by atoms with Crippen molar-refractivity contribution >= 4 is 23.3 Å². The molecule has 0 radical (unpaired) electrons. The third-order valence-electron chi connectivity index (χ3n) is 4.61. The molecular formula is C22H29N5O2. The fraction of sp³-hybridized carbons (Fsp3) is 0.409. The first-order valence-corrected chi connectivity index (χ1v) is 9.97. The van der Waals surface area contributed by atoms with Crippen LogP contribution in [0.4, 0.5) is 16.2 Å². The van der Waals surface area contributed by atoms with Gasteiger partial charge in [-0.3, -0.25) is 9.78 Å². The number of hydrogen-bond donors (Lipinski definition) is 3. The molecule has 3 rings (SSSR count). The Morgan fingerprint density at radius 3 is 2.55 bits per heavy atom. The number of benzene rings is 1. The van der Waals surface area contributed by atoms with Gasteiger partial charge in [0.25, 0.3) is 5.91 Å². The SMILES string of the molecule is CC(C)(C)NC(=O)Nc1ccc(N2CCCC2)c(C(=O)NCc2cccnc2)c1. The summed E-state index contributed by atoms with van der Waals surface area (Å²) in [6.07, 6.45) is 5.67. The lowest BCUT2D eigenvalue weighted by molar-refractivity contribution is 0.0951. The predicted molar refractivity (Wildman–Crippen MR) is 115 cm³/mol. The number of anilines is 2. The number of urea groups is 1. The molecular weight excluding hydrogens is 366 g/mol. The Labute approximate surface area is 171 Å². The lowest BCUT2D eigenvalue weighted by Crippen LogP contribution is -2.43. The summed E-state index contributed by atoms with van der Waals surface area (Å²) in [5, 5.41) is 8.66. The molecule has 29 heavy (non-hydrogen) atoms. The van der Waals surface area contributed by atoms with Gasteiger partial charge in [-0.15, -0.1) is 0 Å². The second kappa shape index (κ2) is 8.94. The van der Waals surface area contributed by atoms with Crippen molar-refractivity contribution in [3.63, 3.8) is 0 Å². The molecule has 1 aromatic heterocycles. The predicted octanol–water partition coefficient (Wildman–Crippen LogP) is 3.53.